The van der Waals surface area contributed by atoms with E-state index in [1.807, 2.05) is 26.0 Å². The van der Waals surface area contributed by atoms with E-state index in [0.717, 1.165) is 22.5 Å². The fourth-order valence-electron chi connectivity index (χ4n) is 2.64. The summed E-state index contributed by atoms with van der Waals surface area (Å²) in [6, 6.07) is 6.10. The van der Waals surface area contributed by atoms with E-state index >= 15 is 0 Å². The molecule has 2 heterocycles. The van der Waals surface area contributed by atoms with E-state index < -0.39 is 10.8 Å². The molecule has 1 aliphatic rings. The van der Waals surface area contributed by atoms with Crippen molar-refractivity contribution >= 4 is 22.5 Å². The molecule has 0 saturated carbocycles. The van der Waals surface area contributed by atoms with Crippen molar-refractivity contribution in [3.63, 3.8) is 0 Å². The lowest BCUT2D eigenvalue weighted by molar-refractivity contribution is -0.114. The van der Waals surface area contributed by atoms with Crippen molar-refractivity contribution in [3.8, 4) is 5.69 Å². The molecule has 2 aromatic rings. The fraction of sp³-hybridized carbons (Fsp3) is 0.333. The SMILES string of the molecule is CC(=O)Nc1c2c(nn1-c1ccc(C)cc1C)C[S@@](=O)C2. The van der Waals surface area contributed by atoms with Gasteiger partial charge in [-0.3, -0.25) is 9.00 Å². The van der Waals surface area contributed by atoms with Gasteiger partial charge in [-0.25, -0.2) is 4.68 Å². The van der Waals surface area contributed by atoms with Gasteiger partial charge in [-0.15, -0.1) is 0 Å². The van der Waals surface area contributed by atoms with Gasteiger partial charge >= 0.3 is 0 Å². The molecule has 5 nitrogen and oxygen atoms in total. The number of anilines is 1. The molecule has 3 rings (SSSR count). The van der Waals surface area contributed by atoms with Crippen LogP contribution in [0, 0.1) is 13.8 Å². The van der Waals surface area contributed by atoms with E-state index in [1.54, 1.807) is 4.68 Å². The summed E-state index contributed by atoms with van der Waals surface area (Å²) in [5.74, 6) is 1.41. The molecule has 21 heavy (non-hydrogen) atoms. The largest absolute Gasteiger partial charge is 0.311 e. The molecule has 0 aliphatic carbocycles. The zero-order valence-electron chi connectivity index (χ0n) is 12.3. The number of hydrogen-bond donors (Lipinski definition) is 1. The summed E-state index contributed by atoms with van der Waals surface area (Å²) in [6.45, 7) is 5.53. The molecule has 1 aromatic carbocycles. The number of aryl methyl sites for hydroxylation is 2. The van der Waals surface area contributed by atoms with Gasteiger partial charge in [0, 0.05) is 23.3 Å². The predicted molar refractivity (Wildman–Crippen MR) is 82.9 cm³/mol. The van der Waals surface area contributed by atoms with Gasteiger partial charge in [0.05, 0.1) is 22.9 Å². The Hall–Kier alpha value is -1.95. The highest BCUT2D eigenvalue weighted by Crippen LogP contribution is 2.32. The second-order valence-electron chi connectivity index (χ2n) is 5.39. The molecule has 0 bridgehead atoms. The van der Waals surface area contributed by atoms with Crippen molar-refractivity contribution in [2.75, 3.05) is 5.32 Å². The van der Waals surface area contributed by atoms with Crippen LogP contribution in [0.1, 0.15) is 29.3 Å². The number of benzene rings is 1. The van der Waals surface area contributed by atoms with E-state index in [1.165, 1.54) is 12.5 Å². The first kappa shape index (κ1) is 14.0. The van der Waals surface area contributed by atoms with Crippen molar-refractivity contribution in [2.45, 2.75) is 32.3 Å². The summed E-state index contributed by atoms with van der Waals surface area (Å²) in [4.78, 5) is 11.5. The zero-order valence-corrected chi connectivity index (χ0v) is 13.1. The lowest BCUT2D eigenvalue weighted by Gasteiger charge is -2.12. The van der Waals surface area contributed by atoms with Crippen LogP contribution >= 0.6 is 0 Å². The maximum atomic E-state index is 11.7. The number of fused-ring (bicyclic) bond motifs is 1. The van der Waals surface area contributed by atoms with Gasteiger partial charge in [-0.1, -0.05) is 17.7 Å². The standard InChI is InChI=1S/C15H17N3O2S/c1-9-4-5-14(10(2)6-9)18-15(16-11(3)19)12-7-21(20)8-13(12)17-18/h4-6H,7-8H2,1-3H3,(H,16,19)/t21-/m0/s1. The van der Waals surface area contributed by atoms with E-state index in [-0.39, 0.29) is 5.91 Å². The Kier molecular flexibility index (Phi) is 3.41. The van der Waals surface area contributed by atoms with E-state index in [4.69, 9.17) is 0 Å². The Balaban J connectivity index is 2.16. The summed E-state index contributed by atoms with van der Waals surface area (Å²) in [7, 11) is -0.914. The number of aromatic nitrogens is 2. The fourth-order valence-corrected chi connectivity index (χ4v) is 3.90. The monoisotopic (exact) mass is 303 g/mol. The average Bonchev–Trinajstić information content (AvgIpc) is 2.87. The number of nitrogens with one attached hydrogen (secondary N) is 1. The minimum atomic E-state index is -0.914. The number of rotatable bonds is 2. The minimum Gasteiger partial charge on any atom is -0.311 e. The normalized spacial score (nSPS) is 16.8. The molecule has 110 valence electrons. The Morgan fingerprint density at radius 2 is 2.10 bits per heavy atom. The first-order valence-corrected chi connectivity index (χ1v) is 8.25. The number of amides is 1. The van der Waals surface area contributed by atoms with Crippen LogP contribution in [-0.4, -0.2) is 19.9 Å². The van der Waals surface area contributed by atoms with Crippen LogP contribution < -0.4 is 5.32 Å². The van der Waals surface area contributed by atoms with Crippen molar-refractivity contribution < 1.29 is 9.00 Å². The van der Waals surface area contributed by atoms with Crippen LogP contribution in [-0.2, 0) is 27.1 Å². The number of carbonyl (C=O) groups is 1. The van der Waals surface area contributed by atoms with Crippen LogP contribution in [0.15, 0.2) is 18.2 Å². The smallest absolute Gasteiger partial charge is 0.222 e. The molecule has 1 N–H and O–H groups in total. The van der Waals surface area contributed by atoms with Gasteiger partial charge in [-0.05, 0) is 25.5 Å². The van der Waals surface area contributed by atoms with Crippen LogP contribution in [0.25, 0.3) is 5.69 Å². The molecule has 1 amide bonds. The highest BCUT2D eigenvalue weighted by molar-refractivity contribution is 7.83. The Morgan fingerprint density at radius 3 is 2.76 bits per heavy atom. The van der Waals surface area contributed by atoms with Gasteiger partial charge in [0.25, 0.3) is 0 Å². The molecule has 1 aliphatic heterocycles. The second-order valence-corrected chi connectivity index (χ2v) is 6.84. The average molecular weight is 303 g/mol. The van der Waals surface area contributed by atoms with Crippen LogP contribution in [0.5, 0.6) is 0 Å². The maximum absolute atomic E-state index is 11.7. The number of hydrogen-bond acceptors (Lipinski definition) is 3. The van der Waals surface area contributed by atoms with Crippen molar-refractivity contribution in [1.82, 2.24) is 9.78 Å². The molecule has 1 aromatic heterocycles. The highest BCUT2D eigenvalue weighted by atomic mass is 32.2. The molecule has 0 saturated heterocycles. The molecular weight excluding hydrogens is 286 g/mol. The van der Waals surface area contributed by atoms with Crippen molar-refractivity contribution in [2.24, 2.45) is 0 Å². The van der Waals surface area contributed by atoms with Crippen LogP contribution in [0.2, 0.25) is 0 Å². The Bertz CT molecular complexity index is 765. The topological polar surface area (TPSA) is 64.0 Å². The summed E-state index contributed by atoms with van der Waals surface area (Å²) >= 11 is 0. The Morgan fingerprint density at radius 1 is 1.33 bits per heavy atom. The summed E-state index contributed by atoms with van der Waals surface area (Å²) in [5.41, 5.74) is 4.91. The molecule has 0 spiro atoms. The third-order valence-corrected chi connectivity index (χ3v) is 4.75. The van der Waals surface area contributed by atoms with Gasteiger partial charge in [0.2, 0.25) is 5.91 Å². The summed E-state index contributed by atoms with van der Waals surface area (Å²) in [5, 5.41) is 7.41. The van der Waals surface area contributed by atoms with Crippen LogP contribution in [0.3, 0.4) is 0 Å². The van der Waals surface area contributed by atoms with Gasteiger partial charge in [0.1, 0.15) is 5.82 Å². The lowest BCUT2D eigenvalue weighted by Crippen LogP contribution is -2.13. The maximum Gasteiger partial charge on any atom is 0.222 e. The van der Waals surface area contributed by atoms with Crippen molar-refractivity contribution in [3.05, 3.63) is 40.6 Å². The third kappa shape index (κ3) is 2.51. The molecule has 0 fully saturated rings. The van der Waals surface area contributed by atoms with Gasteiger partial charge in [0.15, 0.2) is 0 Å². The zero-order chi connectivity index (χ0) is 15.1. The first-order valence-electron chi connectivity index (χ1n) is 6.76. The number of nitrogens with zero attached hydrogens (tertiary/aromatic N) is 2. The second kappa shape index (κ2) is 5.11. The molecule has 6 heteroatoms. The number of carbonyl (C=O) groups excluding carboxylic acids is 1. The van der Waals surface area contributed by atoms with E-state index in [0.29, 0.717) is 17.3 Å². The van der Waals surface area contributed by atoms with E-state index in [9.17, 15) is 9.00 Å². The van der Waals surface area contributed by atoms with E-state index in [2.05, 4.69) is 16.5 Å². The highest BCUT2D eigenvalue weighted by Gasteiger charge is 2.28. The molecular formula is C15H17N3O2S. The van der Waals surface area contributed by atoms with Crippen LogP contribution in [0.4, 0.5) is 5.82 Å². The minimum absolute atomic E-state index is 0.151. The summed E-state index contributed by atoms with van der Waals surface area (Å²) < 4.78 is 13.5. The lowest BCUT2D eigenvalue weighted by atomic mass is 10.1. The Labute approximate surface area is 125 Å². The predicted octanol–water partition coefficient (Wildman–Crippen LogP) is 2.21. The molecule has 0 unspecified atom stereocenters. The third-order valence-electron chi connectivity index (χ3n) is 3.54. The van der Waals surface area contributed by atoms with Gasteiger partial charge < -0.3 is 5.32 Å². The summed E-state index contributed by atoms with van der Waals surface area (Å²) in [6.07, 6.45) is 0. The molecule has 1 atom stereocenters. The molecule has 0 radical (unpaired) electrons. The quantitative estimate of drug-likeness (QED) is 0.925. The van der Waals surface area contributed by atoms with Crippen molar-refractivity contribution in [1.29, 1.82) is 0 Å². The van der Waals surface area contributed by atoms with Gasteiger partial charge in [-0.2, -0.15) is 5.10 Å². The first-order chi connectivity index (χ1) is 9.95.